The van der Waals surface area contributed by atoms with Gasteiger partial charge in [0.05, 0.1) is 51.0 Å². The van der Waals surface area contributed by atoms with E-state index in [0.717, 1.165) is 88.5 Å². The molecule has 0 radical (unpaired) electrons. The van der Waals surface area contributed by atoms with Crippen molar-refractivity contribution in [3.8, 4) is 0 Å². The molecule has 2 fully saturated rings. The molecule has 4 aliphatic rings. The van der Waals surface area contributed by atoms with E-state index in [1.807, 2.05) is 0 Å². The first-order valence-electron chi connectivity index (χ1n) is 22.4. The molecule has 8 rings (SSSR count). The van der Waals surface area contributed by atoms with Crippen molar-refractivity contribution in [1.29, 1.82) is 0 Å². The molecule has 372 valence electrons. The second kappa shape index (κ2) is 29.6. The lowest BCUT2D eigenvalue weighted by molar-refractivity contribution is -0.134. The highest BCUT2D eigenvalue weighted by molar-refractivity contribution is 7.99. The maximum atomic E-state index is 9.55. The van der Waals surface area contributed by atoms with Crippen molar-refractivity contribution >= 4 is 70.4 Å². The third-order valence-electron chi connectivity index (χ3n) is 10.5. The van der Waals surface area contributed by atoms with Crippen LogP contribution in [0.2, 0.25) is 0 Å². The van der Waals surface area contributed by atoms with Crippen LogP contribution in [0.5, 0.6) is 0 Å². The number of benzene rings is 4. The molecule has 0 atom stereocenters. The van der Waals surface area contributed by atoms with E-state index in [0.29, 0.717) is 50.7 Å². The highest BCUT2D eigenvalue weighted by Gasteiger charge is 2.27. The second-order valence-electron chi connectivity index (χ2n) is 15.4. The van der Waals surface area contributed by atoms with Crippen LogP contribution in [-0.2, 0) is 28.7 Å². The second-order valence-corrected chi connectivity index (χ2v) is 17.5. The molecule has 0 aliphatic carbocycles. The minimum absolute atomic E-state index is 0.0898. The van der Waals surface area contributed by atoms with Crippen LogP contribution in [0.4, 0.5) is 11.4 Å². The van der Waals surface area contributed by atoms with Gasteiger partial charge >= 0.3 is 23.9 Å². The Morgan fingerprint density at radius 3 is 1.10 bits per heavy atom. The van der Waals surface area contributed by atoms with Gasteiger partial charge in [-0.05, 0) is 36.4 Å². The van der Waals surface area contributed by atoms with E-state index in [9.17, 15) is 19.2 Å². The number of aliphatic hydroxyl groups excluding tert-OH is 2. The number of hydrogen-bond donors (Lipinski definition) is 6. The van der Waals surface area contributed by atoms with Crippen molar-refractivity contribution in [1.82, 2.24) is 19.6 Å². The standard InChI is InChI=1S/2C21H25N3O2S.2C4H4O4/c2*25-14-16-26-15-13-23-9-11-24(12-10-23)21-17-5-1-3-7-19(17)27-20-8-4-2-6-18(20)22-21;2*5-3(6)1-2-4(7)8/h2*1-8,25H,9-16H2;2*1-2H,(H,5,6)(H,7,8)/b;;2*2-1+. The number of nitrogens with zero attached hydrogens (tertiary/aromatic N) is 6. The van der Waals surface area contributed by atoms with Crippen LogP contribution < -0.4 is 0 Å². The first kappa shape index (κ1) is 54.6. The van der Waals surface area contributed by atoms with Crippen molar-refractivity contribution in [3.63, 3.8) is 0 Å². The van der Waals surface area contributed by atoms with Gasteiger partial charge in [0.2, 0.25) is 0 Å². The van der Waals surface area contributed by atoms with Crippen LogP contribution in [0, 0.1) is 0 Å². The topological polar surface area (TPSA) is 246 Å². The Balaban J connectivity index is 0.000000200. The molecule has 4 aromatic rings. The lowest BCUT2D eigenvalue weighted by Crippen LogP contribution is -2.49. The van der Waals surface area contributed by atoms with Gasteiger partial charge in [-0.1, -0.05) is 84.2 Å². The number of aliphatic hydroxyl groups is 2. The first-order valence-corrected chi connectivity index (χ1v) is 24.1. The van der Waals surface area contributed by atoms with Crippen molar-refractivity contribution < 1.29 is 59.3 Å². The van der Waals surface area contributed by atoms with E-state index >= 15 is 0 Å². The SMILES string of the molecule is O=C(O)/C=C/C(=O)O.O=C(O)/C=C/C(=O)O.OCCOCCN1CCN(C2=Nc3ccccc3Sc3ccccc32)CC1.OCCOCCN1CCN(C2=Nc3ccccc3Sc3ccccc32)CC1. The van der Waals surface area contributed by atoms with Gasteiger partial charge in [0.15, 0.2) is 0 Å². The summed E-state index contributed by atoms with van der Waals surface area (Å²) in [6.45, 7) is 12.0. The minimum Gasteiger partial charge on any atom is -0.478 e. The van der Waals surface area contributed by atoms with E-state index in [2.05, 4.69) is 117 Å². The number of carboxylic acids is 4. The average molecular weight is 999 g/mol. The summed E-state index contributed by atoms with van der Waals surface area (Å²) in [6.07, 6.45) is 2.23. The van der Waals surface area contributed by atoms with Crippen molar-refractivity contribution in [3.05, 3.63) is 132 Å². The van der Waals surface area contributed by atoms with Gasteiger partial charge in [0.25, 0.3) is 0 Å². The van der Waals surface area contributed by atoms with Gasteiger partial charge in [-0.15, -0.1) is 0 Å². The number of carboxylic acid groups (broad SMARTS) is 4. The predicted molar refractivity (Wildman–Crippen MR) is 267 cm³/mol. The monoisotopic (exact) mass is 998 g/mol. The van der Waals surface area contributed by atoms with E-state index in [-0.39, 0.29) is 13.2 Å². The summed E-state index contributed by atoms with van der Waals surface area (Å²) in [7, 11) is 0. The Bertz CT molecular complexity index is 2270. The zero-order chi connectivity index (χ0) is 50.1. The van der Waals surface area contributed by atoms with Gasteiger partial charge in [0.1, 0.15) is 11.7 Å². The summed E-state index contributed by atoms with van der Waals surface area (Å²) < 4.78 is 10.8. The molecule has 0 spiro atoms. The van der Waals surface area contributed by atoms with Crippen LogP contribution in [0.3, 0.4) is 0 Å². The van der Waals surface area contributed by atoms with Gasteiger partial charge < -0.3 is 49.9 Å². The summed E-state index contributed by atoms with van der Waals surface area (Å²) in [5.74, 6) is -2.86. The van der Waals surface area contributed by atoms with Gasteiger partial charge in [0, 0.05) is 120 Å². The third kappa shape index (κ3) is 18.2. The molecule has 4 aliphatic heterocycles. The Morgan fingerprint density at radius 2 is 0.771 bits per heavy atom. The average Bonchev–Trinajstić information content (AvgIpc) is 3.65. The summed E-state index contributed by atoms with van der Waals surface area (Å²) in [5, 5.41) is 48.8. The lowest BCUT2D eigenvalue weighted by atomic mass is 10.1. The quantitative estimate of drug-likeness (QED) is 0.0708. The number of aliphatic imine (C=N–C) groups is 2. The number of ether oxygens (including phenoxy) is 2. The molecule has 0 bridgehead atoms. The Hall–Kier alpha value is -6.36. The van der Waals surface area contributed by atoms with Gasteiger partial charge in [-0.25, -0.2) is 29.2 Å². The van der Waals surface area contributed by atoms with Gasteiger partial charge in [-0.3, -0.25) is 9.80 Å². The molecule has 4 aromatic carbocycles. The number of piperazine rings is 2. The number of para-hydroxylation sites is 2. The highest BCUT2D eigenvalue weighted by Crippen LogP contribution is 2.42. The van der Waals surface area contributed by atoms with Crippen molar-refractivity contribution in [2.24, 2.45) is 9.98 Å². The summed E-state index contributed by atoms with van der Waals surface area (Å²) in [6, 6.07) is 33.9. The van der Waals surface area contributed by atoms with Crippen molar-refractivity contribution in [2.45, 2.75) is 19.6 Å². The molecular formula is C50H58N6O12S2. The summed E-state index contributed by atoms with van der Waals surface area (Å²) in [4.78, 5) is 62.9. The summed E-state index contributed by atoms with van der Waals surface area (Å²) in [5.41, 5.74) is 4.54. The van der Waals surface area contributed by atoms with E-state index in [4.69, 9.17) is 50.1 Å². The maximum absolute atomic E-state index is 9.55. The van der Waals surface area contributed by atoms with Crippen LogP contribution in [0.15, 0.2) is 151 Å². The largest absolute Gasteiger partial charge is 0.478 e. The fraction of sp³-hybridized carbons (Fsp3) is 0.320. The molecule has 18 nitrogen and oxygen atoms in total. The fourth-order valence-corrected chi connectivity index (χ4v) is 9.23. The van der Waals surface area contributed by atoms with E-state index in [1.54, 1.807) is 23.5 Å². The number of aliphatic carboxylic acids is 4. The number of carbonyl (C=O) groups is 4. The Labute approximate surface area is 414 Å². The van der Waals surface area contributed by atoms with Gasteiger partial charge in [-0.2, -0.15) is 0 Å². The highest BCUT2D eigenvalue weighted by atomic mass is 32.2. The number of hydrogen-bond acceptors (Lipinski definition) is 16. The molecule has 0 aromatic heterocycles. The normalized spacial score (nSPS) is 15.3. The molecule has 2 saturated heterocycles. The van der Waals surface area contributed by atoms with Crippen LogP contribution in [0.1, 0.15) is 11.1 Å². The first-order chi connectivity index (χ1) is 33.9. The molecule has 6 N–H and O–H groups in total. The van der Waals surface area contributed by atoms with Crippen LogP contribution >= 0.6 is 23.5 Å². The zero-order valence-corrected chi connectivity index (χ0v) is 40.1. The molecule has 20 heteroatoms. The molecule has 0 unspecified atom stereocenters. The molecule has 70 heavy (non-hydrogen) atoms. The molecule has 0 amide bonds. The number of amidine groups is 2. The predicted octanol–water partition coefficient (Wildman–Crippen LogP) is 5.14. The zero-order valence-electron chi connectivity index (χ0n) is 38.5. The maximum Gasteiger partial charge on any atom is 0.328 e. The van der Waals surface area contributed by atoms with Crippen LogP contribution in [-0.4, -0.2) is 191 Å². The fourth-order valence-electron chi connectivity index (χ4n) is 7.19. The minimum atomic E-state index is -1.26. The lowest BCUT2D eigenvalue weighted by Gasteiger charge is -2.36. The molecule has 4 heterocycles. The third-order valence-corrected chi connectivity index (χ3v) is 12.8. The number of rotatable bonds is 14. The smallest absolute Gasteiger partial charge is 0.328 e. The van der Waals surface area contributed by atoms with Crippen LogP contribution in [0.25, 0.3) is 0 Å². The van der Waals surface area contributed by atoms with Crippen molar-refractivity contribution in [2.75, 3.05) is 105 Å². The Kier molecular flexibility index (Phi) is 23.1. The number of fused-ring (bicyclic) bond motifs is 4. The molecule has 0 saturated carbocycles. The molecular weight excluding hydrogens is 941 g/mol. The van der Waals surface area contributed by atoms with E-state index < -0.39 is 23.9 Å². The Morgan fingerprint density at radius 1 is 0.457 bits per heavy atom. The van der Waals surface area contributed by atoms with E-state index in [1.165, 1.54) is 30.7 Å². The summed E-state index contributed by atoms with van der Waals surface area (Å²) >= 11 is 3.60.